The number of aliphatic carboxylic acids is 1. The van der Waals surface area contributed by atoms with E-state index in [4.69, 9.17) is 16.7 Å². The molecule has 0 aliphatic heterocycles. The summed E-state index contributed by atoms with van der Waals surface area (Å²) in [5.41, 5.74) is 0.522. The molecule has 0 aromatic heterocycles. The van der Waals surface area contributed by atoms with Crippen LogP contribution in [0.4, 0.5) is 13.2 Å². The summed E-state index contributed by atoms with van der Waals surface area (Å²) in [6.45, 7) is 2.87. The fourth-order valence-corrected chi connectivity index (χ4v) is 3.45. The maximum absolute atomic E-state index is 12.8. The highest BCUT2D eigenvalue weighted by molar-refractivity contribution is 7.89. The first kappa shape index (κ1) is 18.7. The Morgan fingerprint density at radius 1 is 1.32 bits per heavy atom. The molecule has 124 valence electrons. The molecule has 0 saturated carbocycles. The van der Waals surface area contributed by atoms with Gasteiger partial charge in [0.25, 0.3) is 0 Å². The number of carbonyl (C=O) groups is 1. The number of nitrogens with one attached hydrogen (secondary N) is 1. The van der Waals surface area contributed by atoms with Crippen LogP contribution < -0.4 is 4.72 Å². The van der Waals surface area contributed by atoms with E-state index in [0.717, 1.165) is 6.07 Å². The van der Waals surface area contributed by atoms with Crippen molar-refractivity contribution in [3.8, 4) is 0 Å². The van der Waals surface area contributed by atoms with Gasteiger partial charge in [-0.1, -0.05) is 11.6 Å². The quantitative estimate of drug-likeness (QED) is 0.846. The smallest absolute Gasteiger partial charge is 0.405 e. The zero-order valence-corrected chi connectivity index (χ0v) is 13.1. The first-order valence-corrected chi connectivity index (χ1v) is 7.78. The van der Waals surface area contributed by atoms with E-state index in [0.29, 0.717) is 5.56 Å². The topological polar surface area (TPSA) is 83.5 Å². The van der Waals surface area contributed by atoms with E-state index in [1.807, 2.05) is 0 Å². The molecule has 0 saturated heterocycles. The second-order valence-corrected chi connectivity index (χ2v) is 6.77. The summed E-state index contributed by atoms with van der Waals surface area (Å²) in [7, 11) is -4.55. The first-order chi connectivity index (χ1) is 9.84. The Morgan fingerprint density at radius 3 is 2.32 bits per heavy atom. The summed E-state index contributed by atoms with van der Waals surface area (Å²) < 4.78 is 63.9. The van der Waals surface area contributed by atoms with E-state index >= 15 is 0 Å². The standard InChI is InChI=1S/C12H13ClF3NO4S/c1-6-4-9(7(2)3-8(6)13)22(20,21)17-10(5-11(18)19)12(14,15)16/h3-4,10,17H,5H2,1-2H3,(H,18,19)/t10-/m1/s1. The SMILES string of the molecule is Cc1cc(S(=O)(=O)N[C@H](CC(=O)O)C(F)(F)F)c(C)cc1Cl. The zero-order valence-electron chi connectivity index (χ0n) is 11.5. The van der Waals surface area contributed by atoms with Gasteiger partial charge in [-0.2, -0.15) is 17.9 Å². The van der Waals surface area contributed by atoms with Crippen molar-refractivity contribution in [2.24, 2.45) is 0 Å². The van der Waals surface area contributed by atoms with Crippen molar-refractivity contribution in [2.45, 2.75) is 37.4 Å². The van der Waals surface area contributed by atoms with Crippen molar-refractivity contribution < 1.29 is 31.5 Å². The van der Waals surface area contributed by atoms with Crippen LogP contribution in [0.2, 0.25) is 5.02 Å². The molecule has 1 aromatic rings. The maximum atomic E-state index is 12.8. The van der Waals surface area contributed by atoms with Crippen LogP contribution in [0.3, 0.4) is 0 Å². The lowest BCUT2D eigenvalue weighted by Gasteiger charge is -2.20. The molecule has 0 aliphatic rings. The summed E-state index contributed by atoms with van der Waals surface area (Å²) in [6.07, 6.45) is -6.44. The highest BCUT2D eigenvalue weighted by Gasteiger charge is 2.43. The second-order valence-electron chi connectivity index (χ2n) is 4.68. The Bertz CT molecular complexity index is 688. The van der Waals surface area contributed by atoms with Gasteiger partial charge in [0.1, 0.15) is 6.04 Å². The number of alkyl halides is 3. The number of aryl methyl sites for hydroxylation is 2. The maximum Gasteiger partial charge on any atom is 0.405 e. The van der Waals surface area contributed by atoms with Crippen LogP contribution in [-0.2, 0) is 14.8 Å². The Hall–Kier alpha value is -1.32. The minimum absolute atomic E-state index is 0.152. The molecule has 0 aliphatic carbocycles. The summed E-state index contributed by atoms with van der Waals surface area (Å²) in [6, 6.07) is -0.273. The van der Waals surface area contributed by atoms with Gasteiger partial charge in [-0.05, 0) is 37.1 Å². The van der Waals surface area contributed by atoms with Crippen molar-refractivity contribution in [1.82, 2.24) is 4.72 Å². The number of rotatable bonds is 5. The van der Waals surface area contributed by atoms with Crippen LogP contribution >= 0.6 is 11.6 Å². The Kier molecular flexibility index (Phi) is 5.47. The summed E-state index contributed by atoms with van der Waals surface area (Å²) in [5.74, 6) is -1.77. The molecule has 0 spiro atoms. The van der Waals surface area contributed by atoms with Crippen molar-refractivity contribution in [3.05, 3.63) is 28.3 Å². The number of hydrogen-bond donors (Lipinski definition) is 2. The van der Waals surface area contributed by atoms with Gasteiger partial charge in [0.2, 0.25) is 10.0 Å². The van der Waals surface area contributed by atoms with Crippen LogP contribution in [0.25, 0.3) is 0 Å². The van der Waals surface area contributed by atoms with Gasteiger partial charge in [0.05, 0.1) is 11.3 Å². The van der Waals surface area contributed by atoms with E-state index in [9.17, 15) is 26.4 Å². The molecule has 0 amide bonds. The van der Waals surface area contributed by atoms with E-state index < -0.39 is 34.6 Å². The average Bonchev–Trinajstić information content (AvgIpc) is 2.30. The van der Waals surface area contributed by atoms with Crippen LogP contribution in [0.1, 0.15) is 17.5 Å². The largest absolute Gasteiger partial charge is 0.481 e. The predicted molar refractivity (Wildman–Crippen MR) is 73.3 cm³/mol. The monoisotopic (exact) mass is 359 g/mol. The summed E-state index contributed by atoms with van der Waals surface area (Å²) in [5, 5.41) is 8.77. The summed E-state index contributed by atoms with van der Waals surface area (Å²) in [4.78, 5) is 10.1. The van der Waals surface area contributed by atoms with Crippen LogP contribution in [0.15, 0.2) is 17.0 Å². The van der Waals surface area contributed by atoms with Crippen LogP contribution in [0, 0.1) is 13.8 Å². The van der Waals surface area contributed by atoms with Crippen LogP contribution in [0.5, 0.6) is 0 Å². The van der Waals surface area contributed by atoms with Crippen molar-refractivity contribution in [2.75, 3.05) is 0 Å². The number of carboxylic acid groups (broad SMARTS) is 1. The lowest BCUT2D eigenvalue weighted by molar-refractivity contribution is -0.163. The highest BCUT2D eigenvalue weighted by Crippen LogP contribution is 2.27. The Balaban J connectivity index is 3.23. The van der Waals surface area contributed by atoms with Gasteiger partial charge in [0.15, 0.2) is 0 Å². The second kappa shape index (κ2) is 6.43. The van der Waals surface area contributed by atoms with Crippen molar-refractivity contribution in [1.29, 1.82) is 0 Å². The normalized spacial score (nSPS) is 13.9. The van der Waals surface area contributed by atoms with Crippen molar-refractivity contribution >= 4 is 27.6 Å². The molecule has 0 radical (unpaired) electrons. The molecule has 1 rings (SSSR count). The Morgan fingerprint density at radius 2 is 1.86 bits per heavy atom. The number of carboxylic acids is 1. The molecule has 0 unspecified atom stereocenters. The molecule has 2 N–H and O–H groups in total. The fourth-order valence-electron chi connectivity index (χ4n) is 1.69. The van der Waals surface area contributed by atoms with E-state index in [1.54, 1.807) is 0 Å². The first-order valence-electron chi connectivity index (χ1n) is 5.92. The lowest BCUT2D eigenvalue weighted by atomic mass is 10.2. The van der Waals surface area contributed by atoms with Gasteiger partial charge >= 0.3 is 12.1 Å². The molecular weight excluding hydrogens is 347 g/mol. The highest BCUT2D eigenvalue weighted by atomic mass is 35.5. The van der Waals surface area contributed by atoms with Crippen molar-refractivity contribution in [3.63, 3.8) is 0 Å². The molecular formula is C12H13ClF3NO4S. The molecule has 1 aromatic carbocycles. The third-order valence-electron chi connectivity index (χ3n) is 2.82. The van der Waals surface area contributed by atoms with Gasteiger partial charge in [-0.3, -0.25) is 4.79 Å². The Labute approximate surface area is 130 Å². The molecule has 0 fully saturated rings. The van der Waals surface area contributed by atoms with E-state index in [2.05, 4.69) is 0 Å². The molecule has 0 bridgehead atoms. The van der Waals surface area contributed by atoms with Gasteiger partial charge in [0, 0.05) is 5.02 Å². The molecule has 5 nitrogen and oxygen atoms in total. The van der Waals surface area contributed by atoms with Gasteiger partial charge in [-0.25, -0.2) is 8.42 Å². The van der Waals surface area contributed by atoms with Gasteiger partial charge < -0.3 is 5.11 Å². The minimum Gasteiger partial charge on any atom is -0.481 e. The third-order valence-corrected chi connectivity index (χ3v) is 4.84. The lowest BCUT2D eigenvalue weighted by Crippen LogP contribution is -2.46. The molecule has 22 heavy (non-hydrogen) atoms. The number of benzene rings is 1. The average molecular weight is 360 g/mol. The molecule has 10 heteroatoms. The summed E-state index contributed by atoms with van der Waals surface area (Å²) >= 11 is 5.81. The predicted octanol–water partition coefficient (Wildman–Crippen LogP) is 2.64. The fraction of sp³-hybridized carbons (Fsp3) is 0.417. The minimum atomic E-state index is -5.03. The van der Waals surface area contributed by atoms with Gasteiger partial charge in [-0.15, -0.1) is 0 Å². The zero-order chi connectivity index (χ0) is 17.3. The third kappa shape index (κ3) is 4.59. The van der Waals surface area contributed by atoms with E-state index in [1.165, 1.54) is 24.6 Å². The molecule has 0 heterocycles. The molecule has 1 atom stereocenters. The number of hydrogen-bond acceptors (Lipinski definition) is 3. The number of halogens is 4. The number of sulfonamides is 1. The van der Waals surface area contributed by atoms with E-state index in [-0.39, 0.29) is 15.5 Å². The van der Waals surface area contributed by atoms with Crippen LogP contribution in [-0.4, -0.2) is 31.7 Å².